The van der Waals surface area contributed by atoms with Crippen LogP contribution >= 0.6 is 0 Å². The van der Waals surface area contributed by atoms with Crippen molar-refractivity contribution in [3.8, 4) is 0 Å². The number of carbonyl (C=O) groups is 1. The van der Waals surface area contributed by atoms with E-state index in [1.165, 1.54) is 11.9 Å². The third-order valence-electron chi connectivity index (χ3n) is 3.19. The zero-order valence-corrected chi connectivity index (χ0v) is 11.2. The SMILES string of the molecule is CN(C(=O)c1cc(F)cnc1N)C1CCS(=O)(=O)C1. The van der Waals surface area contributed by atoms with Crippen LogP contribution in [-0.2, 0) is 9.84 Å². The number of rotatable bonds is 2. The summed E-state index contributed by atoms with van der Waals surface area (Å²) in [5, 5.41) is 0. The lowest BCUT2D eigenvalue weighted by molar-refractivity contribution is 0.0748. The Morgan fingerprint density at radius 2 is 2.26 bits per heavy atom. The fourth-order valence-corrected chi connectivity index (χ4v) is 3.83. The van der Waals surface area contributed by atoms with Crippen LogP contribution in [0.3, 0.4) is 0 Å². The molecular weight excluding hydrogens is 273 g/mol. The van der Waals surface area contributed by atoms with Crippen LogP contribution in [-0.4, -0.2) is 48.8 Å². The molecule has 1 aromatic heterocycles. The van der Waals surface area contributed by atoms with Gasteiger partial charge in [0.15, 0.2) is 9.84 Å². The Balaban J connectivity index is 2.22. The van der Waals surface area contributed by atoms with Gasteiger partial charge in [-0.25, -0.2) is 17.8 Å². The molecule has 1 saturated heterocycles. The number of nitrogens with zero attached hydrogens (tertiary/aromatic N) is 2. The highest BCUT2D eigenvalue weighted by molar-refractivity contribution is 7.91. The first kappa shape index (κ1) is 13.7. The molecule has 1 aromatic rings. The number of nitrogen functional groups attached to an aromatic ring is 1. The van der Waals surface area contributed by atoms with Crippen LogP contribution in [0.25, 0.3) is 0 Å². The lowest BCUT2D eigenvalue weighted by Crippen LogP contribution is -2.38. The lowest BCUT2D eigenvalue weighted by Gasteiger charge is -2.23. The van der Waals surface area contributed by atoms with E-state index < -0.39 is 27.6 Å². The molecule has 1 aliphatic rings. The van der Waals surface area contributed by atoms with Crippen LogP contribution < -0.4 is 5.73 Å². The molecule has 1 aliphatic heterocycles. The molecule has 19 heavy (non-hydrogen) atoms. The molecule has 0 spiro atoms. The number of carbonyl (C=O) groups excluding carboxylic acids is 1. The van der Waals surface area contributed by atoms with Gasteiger partial charge in [-0.15, -0.1) is 0 Å². The van der Waals surface area contributed by atoms with Gasteiger partial charge in [-0.3, -0.25) is 4.79 Å². The average molecular weight is 287 g/mol. The van der Waals surface area contributed by atoms with Gasteiger partial charge in [-0.1, -0.05) is 0 Å². The Bertz CT molecular complexity index is 618. The molecule has 8 heteroatoms. The molecule has 0 aliphatic carbocycles. The molecule has 2 N–H and O–H groups in total. The molecule has 0 saturated carbocycles. The van der Waals surface area contributed by atoms with Crippen LogP contribution in [0.5, 0.6) is 0 Å². The monoisotopic (exact) mass is 287 g/mol. The second-order valence-corrected chi connectivity index (χ2v) is 6.79. The molecule has 0 radical (unpaired) electrons. The molecule has 104 valence electrons. The van der Waals surface area contributed by atoms with Gasteiger partial charge in [0, 0.05) is 13.1 Å². The number of nitrogens with two attached hydrogens (primary N) is 1. The van der Waals surface area contributed by atoms with Gasteiger partial charge in [0.25, 0.3) is 5.91 Å². The van der Waals surface area contributed by atoms with Crippen molar-refractivity contribution in [1.29, 1.82) is 0 Å². The largest absolute Gasteiger partial charge is 0.383 e. The van der Waals surface area contributed by atoms with Crippen molar-refractivity contribution in [3.05, 3.63) is 23.6 Å². The minimum Gasteiger partial charge on any atom is -0.383 e. The zero-order valence-electron chi connectivity index (χ0n) is 10.3. The van der Waals surface area contributed by atoms with Crippen molar-refractivity contribution in [2.75, 3.05) is 24.3 Å². The maximum Gasteiger partial charge on any atom is 0.257 e. The number of halogens is 1. The maximum atomic E-state index is 13.1. The summed E-state index contributed by atoms with van der Waals surface area (Å²) in [5.74, 6) is -1.26. The summed E-state index contributed by atoms with van der Waals surface area (Å²) in [5.41, 5.74) is 5.49. The van der Waals surface area contributed by atoms with E-state index in [9.17, 15) is 17.6 Å². The quantitative estimate of drug-likeness (QED) is 0.830. The summed E-state index contributed by atoms with van der Waals surface area (Å²) in [7, 11) is -1.61. The number of hydrogen-bond donors (Lipinski definition) is 1. The standard InChI is InChI=1S/C11H14FN3O3S/c1-15(8-2-3-19(17,18)6-8)11(16)9-4-7(12)5-14-10(9)13/h4-5,8H,2-3,6H2,1H3,(H2,13,14). The summed E-state index contributed by atoms with van der Waals surface area (Å²) < 4.78 is 35.9. The van der Waals surface area contributed by atoms with Gasteiger partial charge in [-0.2, -0.15) is 0 Å². The second kappa shape index (κ2) is 4.76. The molecule has 0 bridgehead atoms. The second-order valence-electron chi connectivity index (χ2n) is 4.56. The summed E-state index contributed by atoms with van der Waals surface area (Å²) in [4.78, 5) is 17.0. The smallest absolute Gasteiger partial charge is 0.257 e. The topological polar surface area (TPSA) is 93.4 Å². The van der Waals surface area contributed by atoms with Gasteiger partial charge in [0.1, 0.15) is 11.6 Å². The molecule has 6 nitrogen and oxygen atoms in total. The number of amides is 1. The van der Waals surface area contributed by atoms with E-state index in [4.69, 9.17) is 5.73 Å². The van der Waals surface area contributed by atoms with E-state index in [-0.39, 0.29) is 22.9 Å². The predicted molar refractivity (Wildman–Crippen MR) is 67.8 cm³/mol. The summed E-state index contributed by atoms with van der Waals surface area (Å²) >= 11 is 0. The van der Waals surface area contributed by atoms with E-state index in [0.717, 1.165) is 12.3 Å². The summed E-state index contributed by atoms with van der Waals surface area (Å²) in [6, 6.07) is 0.602. The molecule has 1 atom stereocenters. The number of anilines is 1. The van der Waals surface area contributed by atoms with Gasteiger partial charge in [0.05, 0.1) is 23.3 Å². The van der Waals surface area contributed by atoms with Crippen molar-refractivity contribution >= 4 is 21.6 Å². The Morgan fingerprint density at radius 3 is 2.84 bits per heavy atom. The molecule has 1 fully saturated rings. The average Bonchev–Trinajstić information content (AvgIpc) is 2.71. The molecule has 1 amide bonds. The van der Waals surface area contributed by atoms with E-state index in [2.05, 4.69) is 4.98 Å². The zero-order chi connectivity index (χ0) is 14.2. The fourth-order valence-electron chi connectivity index (χ4n) is 2.06. The van der Waals surface area contributed by atoms with Crippen LogP contribution in [0, 0.1) is 5.82 Å². The van der Waals surface area contributed by atoms with E-state index >= 15 is 0 Å². The molecule has 2 rings (SSSR count). The third-order valence-corrected chi connectivity index (χ3v) is 4.94. The summed E-state index contributed by atoms with van der Waals surface area (Å²) in [6.07, 6.45) is 1.30. The van der Waals surface area contributed by atoms with Crippen LogP contribution in [0.1, 0.15) is 16.8 Å². The minimum atomic E-state index is -3.09. The van der Waals surface area contributed by atoms with Gasteiger partial charge < -0.3 is 10.6 Å². The first-order chi connectivity index (χ1) is 8.80. The molecule has 0 aromatic carbocycles. The predicted octanol–water partition coefficient (Wildman–Crippen LogP) is 0.0620. The maximum absolute atomic E-state index is 13.1. The van der Waals surface area contributed by atoms with Gasteiger partial charge in [-0.05, 0) is 12.5 Å². The van der Waals surface area contributed by atoms with Crippen molar-refractivity contribution in [1.82, 2.24) is 9.88 Å². The number of hydrogen-bond acceptors (Lipinski definition) is 5. The molecular formula is C11H14FN3O3S. The van der Waals surface area contributed by atoms with Gasteiger partial charge in [0.2, 0.25) is 0 Å². The highest BCUT2D eigenvalue weighted by Gasteiger charge is 2.33. The summed E-state index contributed by atoms with van der Waals surface area (Å²) in [6.45, 7) is 0. The fraction of sp³-hybridized carbons (Fsp3) is 0.455. The van der Waals surface area contributed by atoms with Crippen molar-refractivity contribution in [3.63, 3.8) is 0 Å². The van der Waals surface area contributed by atoms with Crippen molar-refractivity contribution in [2.45, 2.75) is 12.5 Å². The highest BCUT2D eigenvalue weighted by atomic mass is 32.2. The van der Waals surface area contributed by atoms with Crippen LogP contribution in [0.4, 0.5) is 10.2 Å². The number of aromatic nitrogens is 1. The Labute approximate surface area is 110 Å². The lowest BCUT2D eigenvalue weighted by atomic mass is 10.1. The molecule has 1 unspecified atom stereocenters. The van der Waals surface area contributed by atoms with E-state index in [1.807, 2.05) is 0 Å². The van der Waals surface area contributed by atoms with E-state index in [1.54, 1.807) is 0 Å². The van der Waals surface area contributed by atoms with Gasteiger partial charge >= 0.3 is 0 Å². The number of pyridine rings is 1. The first-order valence-corrected chi connectivity index (χ1v) is 7.51. The normalized spacial score (nSPS) is 21.3. The first-order valence-electron chi connectivity index (χ1n) is 5.69. The Hall–Kier alpha value is -1.70. The Morgan fingerprint density at radius 1 is 1.58 bits per heavy atom. The van der Waals surface area contributed by atoms with Crippen molar-refractivity contribution < 1.29 is 17.6 Å². The number of sulfone groups is 1. The van der Waals surface area contributed by atoms with Crippen LogP contribution in [0.15, 0.2) is 12.3 Å². The Kier molecular flexibility index (Phi) is 3.44. The highest BCUT2D eigenvalue weighted by Crippen LogP contribution is 2.20. The third kappa shape index (κ3) is 2.83. The minimum absolute atomic E-state index is 0.0493. The van der Waals surface area contributed by atoms with E-state index in [0.29, 0.717) is 6.42 Å². The van der Waals surface area contributed by atoms with Crippen molar-refractivity contribution in [2.24, 2.45) is 0 Å². The van der Waals surface area contributed by atoms with Crippen LogP contribution in [0.2, 0.25) is 0 Å². The molecule has 2 heterocycles.